The SMILES string of the molecule is CC(C)c1cc(F)c2ncsc2c1.Cc1nc2c(F)cc(C(C)C)cc2s1. The summed E-state index contributed by atoms with van der Waals surface area (Å²) in [6.07, 6.45) is 0. The van der Waals surface area contributed by atoms with Crippen LogP contribution in [0.4, 0.5) is 8.78 Å². The maximum absolute atomic E-state index is 13.6. The van der Waals surface area contributed by atoms with Crippen LogP contribution in [0.5, 0.6) is 0 Å². The smallest absolute Gasteiger partial charge is 0.150 e. The molecule has 6 heteroatoms. The molecule has 2 heterocycles. The first-order chi connectivity index (χ1) is 12.8. The molecular weight excluding hydrogens is 382 g/mol. The lowest BCUT2D eigenvalue weighted by atomic mass is 10.0. The van der Waals surface area contributed by atoms with Crippen molar-refractivity contribution >= 4 is 43.1 Å². The summed E-state index contributed by atoms with van der Waals surface area (Å²) in [4.78, 5) is 8.12. The molecule has 0 spiro atoms. The summed E-state index contributed by atoms with van der Waals surface area (Å²) >= 11 is 3.03. The fourth-order valence-electron chi connectivity index (χ4n) is 2.73. The Labute approximate surface area is 165 Å². The Morgan fingerprint density at radius 2 is 1.37 bits per heavy atom. The van der Waals surface area contributed by atoms with E-state index in [-0.39, 0.29) is 11.6 Å². The fraction of sp³-hybridized carbons (Fsp3) is 0.333. The predicted molar refractivity (Wildman–Crippen MR) is 112 cm³/mol. The van der Waals surface area contributed by atoms with E-state index < -0.39 is 0 Å². The summed E-state index contributed by atoms with van der Waals surface area (Å²) in [7, 11) is 0. The molecule has 2 aromatic heterocycles. The zero-order chi connectivity index (χ0) is 19.7. The molecule has 0 aliphatic rings. The van der Waals surface area contributed by atoms with Crippen molar-refractivity contribution < 1.29 is 8.78 Å². The Hall–Kier alpha value is -1.92. The molecule has 0 aliphatic heterocycles. The van der Waals surface area contributed by atoms with Gasteiger partial charge in [0.1, 0.15) is 11.0 Å². The average Bonchev–Trinajstić information content (AvgIpc) is 3.21. The number of hydrogen-bond donors (Lipinski definition) is 0. The standard InChI is InChI=1S/C11H12FNS.C10H10FNS/c1-6(2)8-4-9(12)11-10(5-8)14-7(3)13-11;1-6(2)7-3-8(11)10-9(4-7)13-5-12-10/h4-6H,1-3H3;3-6H,1-2H3. The quantitative estimate of drug-likeness (QED) is 0.347. The number of aryl methyl sites for hydroxylation is 1. The number of benzene rings is 2. The Morgan fingerprint density at radius 3 is 1.96 bits per heavy atom. The van der Waals surface area contributed by atoms with Crippen LogP contribution < -0.4 is 0 Å². The maximum Gasteiger partial charge on any atom is 0.150 e. The van der Waals surface area contributed by atoms with Gasteiger partial charge in [-0.15, -0.1) is 22.7 Å². The minimum Gasteiger partial charge on any atom is -0.242 e. The van der Waals surface area contributed by atoms with Crippen LogP contribution in [0.2, 0.25) is 0 Å². The van der Waals surface area contributed by atoms with Gasteiger partial charge in [0.25, 0.3) is 0 Å². The van der Waals surface area contributed by atoms with E-state index in [0.29, 0.717) is 22.9 Å². The lowest BCUT2D eigenvalue weighted by molar-refractivity contribution is 0.632. The third kappa shape index (κ3) is 4.33. The van der Waals surface area contributed by atoms with Gasteiger partial charge < -0.3 is 0 Å². The molecular formula is C21H22F2N2S2. The van der Waals surface area contributed by atoms with Crippen molar-refractivity contribution in [2.75, 3.05) is 0 Å². The van der Waals surface area contributed by atoms with Crippen LogP contribution in [0.1, 0.15) is 55.7 Å². The van der Waals surface area contributed by atoms with E-state index in [9.17, 15) is 8.78 Å². The number of halogens is 2. The number of nitrogens with zero attached hydrogens (tertiary/aromatic N) is 2. The molecule has 4 aromatic rings. The summed E-state index contributed by atoms with van der Waals surface area (Å²) < 4.78 is 28.8. The van der Waals surface area contributed by atoms with Crippen LogP contribution in [0.25, 0.3) is 20.4 Å². The van der Waals surface area contributed by atoms with Crippen molar-refractivity contribution in [3.8, 4) is 0 Å². The molecule has 0 atom stereocenters. The first-order valence-corrected chi connectivity index (χ1v) is 10.5. The van der Waals surface area contributed by atoms with E-state index >= 15 is 0 Å². The lowest BCUT2D eigenvalue weighted by Gasteiger charge is -2.04. The minimum absolute atomic E-state index is 0.199. The molecule has 0 saturated heterocycles. The van der Waals surface area contributed by atoms with Gasteiger partial charge in [-0.25, -0.2) is 18.7 Å². The molecule has 2 nitrogen and oxygen atoms in total. The topological polar surface area (TPSA) is 25.8 Å². The van der Waals surface area contributed by atoms with Gasteiger partial charge in [0, 0.05) is 0 Å². The zero-order valence-electron chi connectivity index (χ0n) is 16.0. The predicted octanol–water partition coefficient (Wildman–Crippen LogP) is 7.43. The van der Waals surface area contributed by atoms with E-state index in [1.165, 1.54) is 11.3 Å². The van der Waals surface area contributed by atoms with E-state index in [1.54, 1.807) is 29.0 Å². The molecule has 0 saturated carbocycles. The first-order valence-electron chi connectivity index (χ1n) is 8.85. The third-order valence-corrected chi connectivity index (χ3v) is 6.02. The Kier molecular flexibility index (Phi) is 5.86. The minimum atomic E-state index is -0.206. The summed E-state index contributed by atoms with van der Waals surface area (Å²) in [6.45, 7) is 10.1. The number of thiazole rings is 2. The van der Waals surface area contributed by atoms with Crippen molar-refractivity contribution in [1.82, 2.24) is 9.97 Å². The second-order valence-corrected chi connectivity index (χ2v) is 9.21. The van der Waals surface area contributed by atoms with Gasteiger partial charge in [-0.1, -0.05) is 27.7 Å². The van der Waals surface area contributed by atoms with Gasteiger partial charge >= 0.3 is 0 Å². The molecule has 0 amide bonds. The van der Waals surface area contributed by atoms with Gasteiger partial charge in [0.05, 0.1) is 19.9 Å². The molecule has 0 aliphatic carbocycles. The summed E-state index contributed by atoms with van der Waals surface area (Å²) in [5.74, 6) is 0.315. The molecule has 0 fully saturated rings. The van der Waals surface area contributed by atoms with Crippen LogP contribution in [0.3, 0.4) is 0 Å². The first kappa shape index (κ1) is 19.8. The summed E-state index contributed by atoms with van der Waals surface area (Å²) in [6, 6.07) is 7.22. The monoisotopic (exact) mass is 404 g/mol. The lowest BCUT2D eigenvalue weighted by Crippen LogP contribution is -1.89. The van der Waals surface area contributed by atoms with Crippen LogP contribution in [-0.4, -0.2) is 9.97 Å². The van der Waals surface area contributed by atoms with Crippen LogP contribution in [0.15, 0.2) is 29.8 Å². The average molecular weight is 405 g/mol. The van der Waals surface area contributed by atoms with Gasteiger partial charge in [-0.3, -0.25) is 0 Å². The van der Waals surface area contributed by atoms with Gasteiger partial charge in [0.15, 0.2) is 11.6 Å². The number of hydrogen-bond acceptors (Lipinski definition) is 4. The molecule has 142 valence electrons. The molecule has 0 unspecified atom stereocenters. The van der Waals surface area contributed by atoms with Crippen molar-refractivity contribution in [3.05, 3.63) is 57.5 Å². The van der Waals surface area contributed by atoms with Crippen LogP contribution in [-0.2, 0) is 0 Å². The second kappa shape index (κ2) is 7.98. The molecule has 0 radical (unpaired) electrons. The van der Waals surface area contributed by atoms with E-state index in [4.69, 9.17) is 0 Å². The Balaban J connectivity index is 0.000000156. The highest BCUT2D eigenvalue weighted by molar-refractivity contribution is 7.18. The van der Waals surface area contributed by atoms with E-state index in [1.807, 2.05) is 19.1 Å². The third-order valence-electron chi connectivity index (χ3n) is 4.32. The van der Waals surface area contributed by atoms with Crippen LogP contribution in [0, 0.1) is 18.6 Å². The van der Waals surface area contributed by atoms with Gasteiger partial charge in [-0.05, 0) is 54.2 Å². The van der Waals surface area contributed by atoms with E-state index in [2.05, 4.69) is 37.7 Å². The molecule has 0 bridgehead atoms. The molecule has 0 N–H and O–H groups in total. The molecule has 2 aromatic carbocycles. The van der Waals surface area contributed by atoms with Gasteiger partial charge in [0.2, 0.25) is 0 Å². The Bertz CT molecular complexity index is 1080. The molecule has 4 rings (SSSR count). The number of rotatable bonds is 2. The highest BCUT2D eigenvalue weighted by atomic mass is 32.1. The Morgan fingerprint density at radius 1 is 0.815 bits per heavy atom. The number of aromatic nitrogens is 2. The number of fused-ring (bicyclic) bond motifs is 2. The highest BCUT2D eigenvalue weighted by Gasteiger charge is 2.10. The zero-order valence-corrected chi connectivity index (χ0v) is 17.6. The summed E-state index contributed by atoms with van der Waals surface area (Å²) in [5.41, 5.74) is 4.76. The fourth-order valence-corrected chi connectivity index (χ4v) is 4.36. The van der Waals surface area contributed by atoms with Gasteiger partial charge in [-0.2, -0.15) is 0 Å². The normalized spacial score (nSPS) is 11.4. The largest absolute Gasteiger partial charge is 0.242 e. The van der Waals surface area contributed by atoms with E-state index in [0.717, 1.165) is 25.5 Å². The molecule has 27 heavy (non-hydrogen) atoms. The van der Waals surface area contributed by atoms with Crippen molar-refractivity contribution in [1.29, 1.82) is 0 Å². The second-order valence-electron chi connectivity index (χ2n) is 7.09. The van der Waals surface area contributed by atoms with Crippen molar-refractivity contribution in [2.45, 2.75) is 46.5 Å². The summed E-state index contributed by atoms with van der Waals surface area (Å²) in [5, 5.41) is 0.916. The maximum atomic E-state index is 13.6. The highest BCUT2D eigenvalue weighted by Crippen LogP contribution is 2.28. The van der Waals surface area contributed by atoms with Crippen molar-refractivity contribution in [3.63, 3.8) is 0 Å². The van der Waals surface area contributed by atoms with Crippen LogP contribution >= 0.6 is 22.7 Å². The van der Waals surface area contributed by atoms with Crippen molar-refractivity contribution in [2.24, 2.45) is 0 Å².